The minimum Gasteiger partial charge on any atom is -0.355 e. The van der Waals surface area contributed by atoms with Crippen molar-refractivity contribution in [3.63, 3.8) is 0 Å². The summed E-state index contributed by atoms with van der Waals surface area (Å²) in [4.78, 5) is 14.6. The fraction of sp³-hybridized carbons (Fsp3) is 0.185. The van der Waals surface area contributed by atoms with Crippen molar-refractivity contribution >= 4 is 45.8 Å². The Bertz CT molecular complexity index is 1460. The lowest BCUT2D eigenvalue weighted by atomic mass is 10.1. The molecule has 0 bridgehead atoms. The van der Waals surface area contributed by atoms with Crippen LogP contribution in [-0.2, 0) is 16.0 Å². The summed E-state index contributed by atoms with van der Waals surface area (Å²) in [5.41, 5.74) is 5.97. The van der Waals surface area contributed by atoms with E-state index in [0.717, 1.165) is 38.2 Å². The minimum absolute atomic E-state index is 0.00597. The Morgan fingerprint density at radius 2 is 1.81 bits per heavy atom. The molecule has 4 aromatic rings. The van der Waals surface area contributed by atoms with Gasteiger partial charge < -0.3 is 20.3 Å². The Morgan fingerprint density at radius 1 is 1.05 bits per heavy atom. The molecule has 1 amide bonds. The van der Waals surface area contributed by atoms with Crippen LogP contribution in [0.2, 0.25) is 0 Å². The third kappa shape index (κ3) is 4.84. The lowest BCUT2D eigenvalue weighted by molar-refractivity contribution is -0.128. The van der Waals surface area contributed by atoms with Gasteiger partial charge in [0.1, 0.15) is 23.6 Å². The van der Waals surface area contributed by atoms with Crippen LogP contribution >= 0.6 is 28.6 Å². The van der Waals surface area contributed by atoms with Crippen molar-refractivity contribution in [2.75, 3.05) is 23.8 Å². The molecule has 1 fully saturated rings. The van der Waals surface area contributed by atoms with Gasteiger partial charge in [-0.25, -0.2) is 9.07 Å². The fourth-order valence-electron chi connectivity index (χ4n) is 4.65. The molecular formula is C27H23BrFN5O2S. The van der Waals surface area contributed by atoms with E-state index < -0.39 is 6.23 Å². The van der Waals surface area contributed by atoms with E-state index in [4.69, 9.17) is 9.84 Å². The average molecular weight is 580 g/mol. The summed E-state index contributed by atoms with van der Waals surface area (Å²) in [7, 11) is 0. The summed E-state index contributed by atoms with van der Waals surface area (Å²) in [6.07, 6.45) is 1.94. The number of amides is 1. The Balaban J connectivity index is 1.32. The van der Waals surface area contributed by atoms with Crippen LogP contribution in [0.1, 0.15) is 17.4 Å². The summed E-state index contributed by atoms with van der Waals surface area (Å²) in [6.45, 7) is 0.473. The van der Waals surface area contributed by atoms with Crippen molar-refractivity contribution in [2.24, 2.45) is 0 Å². The van der Waals surface area contributed by atoms with Gasteiger partial charge in [-0.05, 0) is 72.6 Å². The Kier molecular flexibility index (Phi) is 6.39. The monoisotopic (exact) mass is 579 g/mol. The van der Waals surface area contributed by atoms with E-state index in [1.807, 2.05) is 42.6 Å². The maximum Gasteiger partial charge on any atom is 0.250 e. The lowest BCUT2D eigenvalue weighted by Gasteiger charge is -2.23. The highest BCUT2D eigenvalue weighted by molar-refractivity contribution is 9.10. The molecule has 6 rings (SSSR count). The van der Waals surface area contributed by atoms with Crippen molar-refractivity contribution in [1.82, 2.24) is 14.7 Å². The quantitative estimate of drug-likeness (QED) is 0.260. The predicted molar refractivity (Wildman–Crippen MR) is 147 cm³/mol. The molecule has 1 saturated heterocycles. The molecule has 3 heterocycles. The molecule has 3 aromatic carbocycles. The van der Waals surface area contributed by atoms with Gasteiger partial charge in [0.25, 0.3) is 5.91 Å². The first kappa shape index (κ1) is 24.0. The van der Waals surface area contributed by atoms with E-state index in [1.165, 1.54) is 12.1 Å². The first-order valence-electron chi connectivity index (χ1n) is 11.8. The van der Waals surface area contributed by atoms with Crippen molar-refractivity contribution in [3.8, 4) is 16.9 Å². The van der Waals surface area contributed by atoms with E-state index in [-0.39, 0.29) is 23.8 Å². The van der Waals surface area contributed by atoms with Crippen LogP contribution in [0, 0.1) is 5.82 Å². The normalized spacial score (nSPS) is 18.6. The molecule has 1 aromatic heterocycles. The van der Waals surface area contributed by atoms with Crippen LogP contribution in [0.25, 0.3) is 16.9 Å². The fourth-order valence-corrected chi connectivity index (χ4v) is 5.19. The van der Waals surface area contributed by atoms with E-state index in [2.05, 4.69) is 45.3 Å². The van der Waals surface area contributed by atoms with Crippen molar-refractivity contribution in [2.45, 2.75) is 18.1 Å². The second kappa shape index (κ2) is 9.85. The van der Waals surface area contributed by atoms with Gasteiger partial charge in [-0.3, -0.25) is 4.79 Å². The van der Waals surface area contributed by atoms with Gasteiger partial charge in [0, 0.05) is 28.3 Å². The van der Waals surface area contributed by atoms with Gasteiger partial charge in [-0.15, -0.1) is 12.6 Å². The first-order chi connectivity index (χ1) is 17.9. The number of hydrogen-bond acceptors (Lipinski definition) is 6. The molecule has 0 spiro atoms. The average Bonchev–Trinajstić information content (AvgIpc) is 3.59. The predicted octanol–water partition coefficient (Wildman–Crippen LogP) is 5.59. The topological polar surface area (TPSA) is 71.4 Å². The number of halogens is 2. The molecule has 37 heavy (non-hydrogen) atoms. The van der Waals surface area contributed by atoms with Crippen LogP contribution in [0.4, 0.5) is 15.8 Å². The number of thiol groups is 1. The van der Waals surface area contributed by atoms with Crippen LogP contribution in [0.15, 0.2) is 77.4 Å². The number of carbonyl (C=O) groups excluding carboxylic acids is 1. The number of hydrogen-bond donors (Lipinski definition) is 3. The summed E-state index contributed by atoms with van der Waals surface area (Å²) in [5, 5.41) is 11.3. The summed E-state index contributed by atoms with van der Waals surface area (Å²) >= 11 is 7.88. The second-order valence-electron chi connectivity index (χ2n) is 8.93. The first-order valence-corrected chi connectivity index (χ1v) is 13.1. The van der Waals surface area contributed by atoms with E-state index in [1.54, 1.807) is 21.7 Å². The molecule has 2 aliphatic rings. The highest BCUT2D eigenvalue weighted by atomic mass is 79.9. The minimum atomic E-state index is -0.604. The molecule has 2 aliphatic heterocycles. The maximum absolute atomic E-state index is 13.7. The van der Waals surface area contributed by atoms with E-state index in [9.17, 15) is 9.18 Å². The van der Waals surface area contributed by atoms with Crippen LogP contribution < -0.4 is 10.6 Å². The molecule has 7 nitrogen and oxygen atoms in total. The largest absolute Gasteiger partial charge is 0.355 e. The molecule has 2 N–H and O–H groups in total. The zero-order valence-electron chi connectivity index (χ0n) is 19.6. The smallest absolute Gasteiger partial charge is 0.250 e. The second-order valence-corrected chi connectivity index (χ2v) is 10.4. The molecule has 188 valence electrons. The third-order valence-electron chi connectivity index (χ3n) is 6.50. The summed E-state index contributed by atoms with van der Waals surface area (Å²) in [6, 6.07) is 20.1. The van der Waals surface area contributed by atoms with Crippen molar-refractivity contribution in [1.29, 1.82) is 0 Å². The Morgan fingerprint density at radius 3 is 2.59 bits per heavy atom. The van der Waals surface area contributed by atoms with E-state index in [0.29, 0.717) is 18.7 Å². The molecular weight excluding hydrogens is 557 g/mol. The van der Waals surface area contributed by atoms with Gasteiger partial charge in [-0.1, -0.05) is 22.0 Å². The highest BCUT2D eigenvalue weighted by Gasteiger charge is 2.36. The van der Waals surface area contributed by atoms with Crippen molar-refractivity contribution in [3.05, 3.63) is 94.3 Å². The molecule has 0 aliphatic carbocycles. The standard InChI is InChI=1S/C27H23BrFN5O2S/c28-18-4-8-20(9-5-18)34-14-21(25(32-34)17-2-6-19(29)7-3-17)26-33(24(35)15-36-26)12-11-16-1-10-22-23(13-16)31-27(37)30-22/h1-10,13-14,26-27,30-31,37H,11-12,15H2. The number of fused-ring (bicyclic) bond motifs is 1. The zero-order chi connectivity index (χ0) is 25.5. The van der Waals surface area contributed by atoms with Gasteiger partial charge in [0.15, 0.2) is 6.23 Å². The SMILES string of the molecule is O=C1COC(c2cn(-c3ccc(Br)cc3)nc2-c2ccc(F)cc2)N1CCc1ccc2c(c1)NC(S)N2. The summed E-state index contributed by atoms with van der Waals surface area (Å²) in [5.74, 6) is -0.405. The van der Waals surface area contributed by atoms with Gasteiger partial charge >= 0.3 is 0 Å². The molecule has 0 radical (unpaired) electrons. The van der Waals surface area contributed by atoms with E-state index >= 15 is 0 Å². The number of nitrogens with one attached hydrogen (secondary N) is 2. The zero-order valence-corrected chi connectivity index (χ0v) is 22.0. The highest BCUT2D eigenvalue weighted by Crippen LogP contribution is 2.36. The maximum atomic E-state index is 13.7. The number of benzene rings is 3. The van der Waals surface area contributed by atoms with Crippen LogP contribution in [0.5, 0.6) is 0 Å². The number of carbonyl (C=O) groups is 1. The van der Waals surface area contributed by atoms with Crippen molar-refractivity contribution < 1.29 is 13.9 Å². The molecule has 2 atom stereocenters. The van der Waals surface area contributed by atoms with Gasteiger partial charge in [-0.2, -0.15) is 5.10 Å². The lowest BCUT2D eigenvalue weighted by Crippen LogP contribution is -2.30. The van der Waals surface area contributed by atoms with Crippen LogP contribution in [0.3, 0.4) is 0 Å². The molecule has 10 heteroatoms. The summed E-state index contributed by atoms with van der Waals surface area (Å²) < 4.78 is 22.4. The van der Waals surface area contributed by atoms with Gasteiger partial charge in [0.05, 0.1) is 17.1 Å². The number of ether oxygens (including phenoxy) is 1. The number of rotatable bonds is 6. The third-order valence-corrected chi connectivity index (χ3v) is 7.28. The Labute approximate surface area is 227 Å². The Hall–Kier alpha value is -3.34. The molecule has 0 saturated carbocycles. The number of nitrogens with zero attached hydrogens (tertiary/aromatic N) is 3. The van der Waals surface area contributed by atoms with Gasteiger partial charge in [0.2, 0.25) is 0 Å². The number of aromatic nitrogens is 2. The number of anilines is 2. The van der Waals surface area contributed by atoms with Crippen LogP contribution in [-0.4, -0.2) is 39.2 Å². The molecule has 2 unspecified atom stereocenters.